The number of rotatable bonds is 6. The second-order valence-electron chi connectivity index (χ2n) is 4.57. The number of methoxy groups -OCH3 is 1. The molecular weight excluding hydrogens is 212 g/mol. The predicted molar refractivity (Wildman–Crippen MR) is 71.6 cm³/mol. The van der Waals surface area contributed by atoms with E-state index in [1.54, 1.807) is 7.11 Å². The third kappa shape index (κ3) is 3.06. The normalized spacial score (nSPS) is 16.5. The Balaban J connectivity index is 3.00. The van der Waals surface area contributed by atoms with Gasteiger partial charge in [-0.1, -0.05) is 38.1 Å². The first kappa shape index (κ1) is 14.2. The summed E-state index contributed by atoms with van der Waals surface area (Å²) < 4.78 is 5.61. The summed E-state index contributed by atoms with van der Waals surface area (Å²) in [7, 11) is 1.73. The Bertz CT molecular complexity index is 331. The molecule has 1 aromatic rings. The highest BCUT2D eigenvalue weighted by Gasteiger charge is 2.32. The van der Waals surface area contributed by atoms with Crippen molar-refractivity contribution >= 4 is 0 Å². The number of hydrogen-bond donors (Lipinski definition) is 2. The molecule has 1 rings (SSSR count). The topological polar surface area (TPSA) is 47.3 Å². The van der Waals surface area contributed by atoms with Crippen LogP contribution in [0.5, 0.6) is 0 Å². The second-order valence-corrected chi connectivity index (χ2v) is 4.57. The maximum Gasteiger partial charge on any atom is 0.0854 e. The van der Waals surface area contributed by atoms with Gasteiger partial charge in [0, 0.05) is 7.11 Å². The summed E-state index contributed by atoms with van der Waals surface area (Å²) in [6, 6.07) is 8.53. The van der Waals surface area contributed by atoms with Gasteiger partial charge in [-0.05, 0) is 30.9 Å². The number of nitrogens with one attached hydrogen (secondary N) is 1. The van der Waals surface area contributed by atoms with Crippen LogP contribution in [0.1, 0.15) is 44.4 Å². The van der Waals surface area contributed by atoms with Crippen molar-refractivity contribution in [2.75, 3.05) is 7.11 Å². The van der Waals surface area contributed by atoms with E-state index >= 15 is 0 Å². The van der Waals surface area contributed by atoms with E-state index in [-0.39, 0.29) is 11.6 Å². The molecule has 3 N–H and O–H groups in total. The van der Waals surface area contributed by atoms with Gasteiger partial charge in [-0.25, -0.2) is 0 Å². The van der Waals surface area contributed by atoms with Crippen LogP contribution in [0.25, 0.3) is 0 Å². The quantitative estimate of drug-likeness (QED) is 0.589. The molecule has 1 aromatic carbocycles. The van der Waals surface area contributed by atoms with Gasteiger partial charge in [-0.15, -0.1) is 0 Å². The lowest BCUT2D eigenvalue weighted by molar-refractivity contribution is -0.0300. The minimum Gasteiger partial charge on any atom is -0.376 e. The first-order chi connectivity index (χ1) is 8.11. The number of nitrogens with two attached hydrogens (primary N) is 1. The molecule has 2 atom stereocenters. The van der Waals surface area contributed by atoms with Crippen molar-refractivity contribution in [3.63, 3.8) is 0 Å². The molecule has 0 aliphatic carbocycles. The van der Waals surface area contributed by atoms with E-state index in [4.69, 9.17) is 10.6 Å². The van der Waals surface area contributed by atoms with Crippen LogP contribution in [0.3, 0.4) is 0 Å². The van der Waals surface area contributed by atoms with Gasteiger partial charge < -0.3 is 4.74 Å². The smallest absolute Gasteiger partial charge is 0.0854 e. The number of ether oxygens (including phenoxy) is 1. The summed E-state index contributed by atoms with van der Waals surface area (Å²) >= 11 is 0. The lowest BCUT2D eigenvalue weighted by Crippen LogP contribution is -2.45. The largest absolute Gasteiger partial charge is 0.376 e. The highest BCUT2D eigenvalue weighted by atomic mass is 16.5. The molecule has 0 amide bonds. The summed E-state index contributed by atoms with van der Waals surface area (Å²) in [5.74, 6) is 5.68. The van der Waals surface area contributed by atoms with Crippen molar-refractivity contribution in [2.45, 2.75) is 45.3 Å². The van der Waals surface area contributed by atoms with Crippen LogP contribution in [0.4, 0.5) is 0 Å². The van der Waals surface area contributed by atoms with E-state index in [2.05, 4.69) is 50.5 Å². The minimum atomic E-state index is -0.289. The van der Waals surface area contributed by atoms with Crippen molar-refractivity contribution in [1.29, 1.82) is 0 Å². The molecule has 0 heterocycles. The van der Waals surface area contributed by atoms with Crippen LogP contribution >= 0.6 is 0 Å². The number of hydrazine groups is 1. The Labute approximate surface area is 104 Å². The summed E-state index contributed by atoms with van der Waals surface area (Å²) in [6.45, 7) is 6.33. The third-order valence-electron chi connectivity index (χ3n) is 3.67. The molecule has 2 unspecified atom stereocenters. The van der Waals surface area contributed by atoms with Crippen LogP contribution in [-0.4, -0.2) is 12.7 Å². The molecule has 17 heavy (non-hydrogen) atoms. The fraction of sp³-hybridized carbons (Fsp3) is 0.571. The molecule has 0 fully saturated rings. The summed E-state index contributed by atoms with van der Waals surface area (Å²) in [5, 5.41) is 0. The lowest BCUT2D eigenvalue weighted by Gasteiger charge is -2.35. The van der Waals surface area contributed by atoms with E-state index in [0.29, 0.717) is 0 Å². The highest BCUT2D eigenvalue weighted by Crippen LogP contribution is 2.31. The first-order valence-corrected chi connectivity index (χ1v) is 6.21. The molecule has 0 aliphatic rings. The Morgan fingerprint density at radius 3 is 2.24 bits per heavy atom. The van der Waals surface area contributed by atoms with Crippen molar-refractivity contribution in [3.8, 4) is 0 Å². The molecule has 0 bridgehead atoms. The molecule has 0 radical (unpaired) electrons. The SMILES string of the molecule is CCc1ccc(C(NN)C(C)(CC)OC)cc1. The average Bonchev–Trinajstić information content (AvgIpc) is 2.40. The standard InChI is InChI=1S/C14H24N2O/c1-5-11-7-9-12(10-8-11)13(16-15)14(3,6-2)17-4/h7-10,13,16H,5-6,15H2,1-4H3. The van der Waals surface area contributed by atoms with Gasteiger partial charge in [0.1, 0.15) is 0 Å². The molecule has 3 heteroatoms. The highest BCUT2D eigenvalue weighted by molar-refractivity contribution is 5.27. The molecule has 0 saturated heterocycles. The van der Waals surface area contributed by atoms with E-state index in [9.17, 15) is 0 Å². The zero-order valence-corrected chi connectivity index (χ0v) is 11.3. The monoisotopic (exact) mass is 236 g/mol. The Morgan fingerprint density at radius 2 is 1.88 bits per heavy atom. The Morgan fingerprint density at radius 1 is 1.29 bits per heavy atom. The minimum absolute atomic E-state index is 0.00315. The Kier molecular flexibility index (Phi) is 5.12. The van der Waals surface area contributed by atoms with Gasteiger partial charge in [-0.3, -0.25) is 11.3 Å². The molecule has 0 aliphatic heterocycles. The second kappa shape index (κ2) is 6.15. The van der Waals surface area contributed by atoms with Gasteiger partial charge in [-0.2, -0.15) is 0 Å². The zero-order valence-electron chi connectivity index (χ0n) is 11.3. The van der Waals surface area contributed by atoms with Crippen LogP contribution < -0.4 is 11.3 Å². The summed E-state index contributed by atoms with van der Waals surface area (Å²) in [6.07, 6.45) is 1.95. The first-order valence-electron chi connectivity index (χ1n) is 6.21. The summed E-state index contributed by atoms with van der Waals surface area (Å²) in [4.78, 5) is 0. The number of aryl methyl sites for hydroxylation is 1. The van der Waals surface area contributed by atoms with E-state index < -0.39 is 0 Å². The van der Waals surface area contributed by atoms with Gasteiger partial charge in [0.05, 0.1) is 11.6 Å². The van der Waals surface area contributed by atoms with Crippen molar-refractivity contribution in [2.24, 2.45) is 5.84 Å². The molecule has 3 nitrogen and oxygen atoms in total. The van der Waals surface area contributed by atoms with E-state index in [1.807, 2.05) is 0 Å². The summed E-state index contributed by atoms with van der Waals surface area (Å²) in [5.41, 5.74) is 5.08. The van der Waals surface area contributed by atoms with E-state index in [1.165, 1.54) is 5.56 Å². The molecular formula is C14H24N2O. The Hall–Kier alpha value is -0.900. The van der Waals surface area contributed by atoms with Crippen LogP contribution in [0.15, 0.2) is 24.3 Å². The molecule has 0 spiro atoms. The van der Waals surface area contributed by atoms with Crippen molar-refractivity contribution in [3.05, 3.63) is 35.4 Å². The van der Waals surface area contributed by atoms with Crippen LogP contribution in [0, 0.1) is 0 Å². The predicted octanol–water partition coefficient (Wildman–Crippen LogP) is 2.57. The molecule has 96 valence electrons. The van der Waals surface area contributed by atoms with E-state index in [0.717, 1.165) is 18.4 Å². The number of benzene rings is 1. The van der Waals surface area contributed by atoms with Crippen LogP contribution in [0.2, 0.25) is 0 Å². The van der Waals surface area contributed by atoms with Crippen LogP contribution in [-0.2, 0) is 11.2 Å². The van der Waals surface area contributed by atoms with Crippen molar-refractivity contribution in [1.82, 2.24) is 5.43 Å². The van der Waals surface area contributed by atoms with Gasteiger partial charge in [0.2, 0.25) is 0 Å². The molecule has 0 saturated carbocycles. The maximum atomic E-state index is 5.68. The lowest BCUT2D eigenvalue weighted by atomic mass is 9.87. The van der Waals surface area contributed by atoms with Gasteiger partial charge in [0.15, 0.2) is 0 Å². The van der Waals surface area contributed by atoms with Crippen molar-refractivity contribution < 1.29 is 4.74 Å². The van der Waals surface area contributed by atoms with Gasteiger partial charge in [0.25, 0.3) is 0 Å². The maximum absolute atomic E-state index is 5.68. The average molecular weight is 236 g/mol. The zero-order chi connectivity index (χ0) is 12.9. The van der Waals surface area contributed by atoms with Gasteiger partial charge >= 0.3 is 0 Å². The fourth-order valence-electron chi connectivity index (χ4n) is 2.04. The number of hydrogen-bond acceptors (Lipinski definition) is 3. The third-order valence-corrected chi connectivity index (χ3v) is 3.67. The molecule has 0 aromatic heterocycles. The fourth-order valence-corrected chi connectivity index (χ4v) is 2.04.